The van der Waals surface area contributed by atoms with Crippen LogP contribution in [0, 0.1) is 0 Å². The van der Waals surface area contributed by atoms with Gasteiger partial charge in [0.05, 0.1) is 21.3 Å². The standard InChI is InChI=1S/C11H12O6/c1-15-7-4-6(5-12)8(11(13)14)10(17-3)9(7)16-2/h4-5H,1-3H3,(H,13,14). The SMILES string of the molecule is COc1cc(C=O)c(C(=O)O)c(OC)c1OC. The van der Waals surface area contributed by atoms with E-state index in [4.69, 9.17) is 19.3 Å². The van der Waals surface area contributed by atoms with Crippen LogP contribution in [-0.2, 0) is 0 Å². The van der Waals surface area contributed by atoms with E-state index in [1.165, 1.54) is 27.4 Å². The van der Waals surface area contributed by atoms with Gasteiger partial charge in [-0.1, -0.05) is 0 Å². The lowest BCUT2D eigenvalue weighted by Crippen LogP contribution is -2.08. The van der Waals surface area contributed by atoms with Gasteiger partial charge in [-0.15, -0.1) is 0 Å². The maximum Gasteiger partial charge on any atom is 0.340 e. The number of carbonyl (C=O) groups excluding carboxylic acids is 1. The maximum absolute atomic E-state index is 11.1. The first-order valence-corrected chi connectivity index (χ1v) is 4.62. The van der Waals surface area contributed by atoms with E-state index >= 15 is 0 Å². The molecule has 17 heavy (non-hydrogen) atoms. The lowest BCUT2D eigenvalue weighted by Gasteiger charge is -2.15. The lowest BCUT2D eigenvalue weighted by molar-refractivity contribution is 0.0689. The van der Waals surface area contributed by atoms with E-state index in [1.807, 2.05) is 0 Å². The number of hydrogen-bond acceptors (Lipinski definition) is 5. The van der Waals surface area contributed by atoms with Crippen LogP contribution in [0.2, 0.25) is 0 Å². The second kappa shape index (κ2) is 5.20. The summed E-state index contributed by atoms with van der Waals surface area (Å²) in [5.41, 5.74) is -0.285. The van der Waals surface area contributed by atoms with Crippen LogP contribution in [0.15, 0.2) is 6.07 Å². The predicted molar refractivity (Wildman–Crippen MR) is 58.4 cm³/mol. The first-order valence-electron chi connectivity index (χ1n) is 4.62. The molecule has 0 bridgehead atoms. The molecule has 6 heteroatoms. The number of carboxylic acid groups (broad SMARTS) is 1. The molecule has 0 atom stereocenters. The van der Waals surface area contributed by atoms with Crippen molar-refractivity contribution in [3.8, 4) is 17.2 Å². The zero-order valence-electron chi connectivity index (χ0n) is 9.64. The van der Waals surface area contributed by atoms with Gasteiger partial charge < -0.3 is 19.3 Å². The van der Waals surface area contributed by atoms with E-state index in [2.05, 4.69) is 0 Å². The summed E-state index contributed by atoms with van der Waals surface area (Å²) >= 11 is 0. The van der Waals surface area contributed by atoms with E-state index < -0.39 is 5.97 Å². The van der Waals surface area contributed by atoms with Crippen molar-refractivity contribution in [3.63, 3.8) is 0 Å². The van der Waals surface area contributed by atoms with Crippen molar-refractivity contribution in [2.75, 3.05) is 21.3 Å². The molecule has 0 heterocycles. The fourth-order valence-corrected chi connectivity index (χ4v) is 1.49. The van der Waals surface area contributed by atoms with Crippen molar-refractivity contribution < 1.29 is 28.9 Å². The Morgan fingerprint density at radius 2 is 1.76 bits per heavy atom. The Hall–Kier alpha value is -2.24. The fourth-order valence-electron chi connectivity index (χ4n) is 1.49. The molecule has 6 nitrogen and oxygen atoms in total. The zero-order valence-corrected chi connectivity index (χ0v) is 9.64. The highest BCUT2D eigenvalue weighted by molar-refractivity contribution is 6.01. The average molecular weight is 240 g/mol. The number of hydrogen-bond donors (Lipinski definition) is 1. The number of aldehydes is 1. The van der Waals surface area contributed by atoms with Crippen LogP contribution in [0.5, 0.6) is 17.2 Å². The number of carboxylic acids is 1. The Kier molecular flexibility index (Phi) is 3.92. The van der Waals surface area contributed by atoms with Crippen LogP contribution in [0.4, 0.5) is 0 Å². The minimum absolute atomic E-state index is 0.0352. The second-order valence-electron chi connectivity index (χ2n) is 3.03. The van der Waals surface area contributed by atoms with Crippen molar-refractivity contribution in [3.05, 3.63) is 17.2 Å². The largest absolute Gasteiger partial charge is 0.493 e. The molecule has 0 aromatic heterocycles. The highest BCUT2D eigenvalue weighted by Gasteiger charge is 2.24. The minimum atomic E-state index is -1.27. The van der Waals surface area contributed by atoms with Gasteiger partial charge in [0.1, 0.15) is 5.56 Å². The summed E-state index contributed by atoms with van der Waals surface area (Å²) in [6.45, 7) is 0. The molecular formula is C11H12O6. The van der Waals surface area contributed by atoms with Gasteiger partial charge in [0, 0.05) is 5.56 Å². The van der Waals surface area contributed by atoms with Gasteiger partial charge in [0.15, 0.2) is 17.8 Å². The van der Waals surface area contributed by atoms with E-state index in [9.17, 15) is 9.59 Å². The van der Waals surface area contributed by atoms with Crippen LogP contribution in [0.3, 0.4) is 0 Å². The first-order chi connectivity index (χ1) is 8.10. The molecule has 0 amide bonds. The number of ether oxygens (including phenoxy) is 3. The third kappa shape index (κ3) is 2.15. The molecule has 0 unspecified atom stereocenters. The molecule has 1 N–H and O–H groups in total. The van der Waals surface area contributed by atoms with Gasteiger partial charge in [-0.2, -0.15) is 0 Å². The summed E-state index contributed by atoms with van der Waals surface area (Å²) in [6, 6.07) is 1.29. The molecule has 1 aromatic rings. The van der Waals surface area contributed by atoms with Gasteiger partial charge in [0.25, 0.3) is 0 Å². The molecule has 92 valence electrons. The van der Waals surface area contributed by atoms with Gasteiger partial charge in [-0.3, -0.25) is 4.79 Å². The number of rotatable bonds is 5. The Morgan fingerprint density at radius 3 is 2.12 bits per heavy atom. The van der Waals surface area contributed by atoms with E-state index in [1.54, 1.807) is 0 Å². The molecule has 0 spiro atoms. The molecule has 1 rings (SSSR count). The Morgan fingerprint density at radius 1 is 1.18 bits per heavy atom. The van der Waals surface area contributed by atoms with Crippen molar-refractivity contribution >= 4 is 12.3 Å². The Balaban J connectivity index is 3.67. The number of benzene rings is 1. The Bertz CT molecular complexity index is 452. The molecule has 0 saturated carbocycles. The topological polar surface area (TPSA) is 82.1 Å². The van der Waals surface area contributed by atoms with E-state index in [-0.39, 0.29) is 28.4 Å². The first kappa shape index (κ1) is 12.8. The molecular weight excluding hydrogens is 228 g/mol. The third-order valence-electron chi connectivity index (χ3n) is 2.20. The molecule has 0 aliphatic rings. The van der Waals surface area contributed by atoms with Crippen molar-refractivity contribution in [1.29, 1.82) is 0 Å². The quantitative estimate of drug-likeness (QED) is 0.779. The third-order valence-corrected chi connectivity index (χ3v) is 2.20. The highest BCUT2D eigenvalue weighted by atomic mass is 16.5. The fraction of sp³-hybridized carbons (Fsp3) is 0.273. The summed E-state index contributed by atoms with van der Waals surface area (Å²) in [7, 11) is 4.03. The average Bonchev–Trinajstić information content (AvgIpc) is 2.35. The number of aromatic carboxylic acids is 1. The molecule has 0 aliphatic heterocycles. The predicted octanol–water partition coefficient (Wildman–Crippen LogP) is 1.22. The summed E-state index contributed by atoms with van der Waals surface area (Å²) < 4.78 is 15.0. The number of carbonyl (C=O) groups is 2. The highest BCUT2D eigenvalue weighted by Crippen LogP contribution is 2.41. The maximum atomic E-state index is 11.1. The van der Waals surface area contributed by atoms with Crippen LogP contribution in [-0.4, -0.2) is 38.7 Å². The van der Waals surface area contributed by atoms with Crippen LogP contribution >= 0.6 is 0 Å². The zero-order chi connectivity index (χ0) is 13.0. The second-order valence-corrected chi connectivity index (χ2v) is 3.03. The van der Waals surface area contributed by atoms with Gasteiger partial charge >= 0.3 is 5.97 Å². The molecule has 0 radical (unpaired) electrons. The molecule has 1 aromatic carbocycles. The summed E-state index contributed by atoms with van der Waals surface area (Å²) in [4.78, 5) is 21.9. The summed E-state index contributed by atoms with van der Waals surface area (Å²) in [5, 5.41) is 9.06. The molecule has 0 aliphatic carbocycles. The van der Waals surface area contributed by atoms with Gasteiger partial charge in [-0.05, 0) is 6.07 Å². The number of methoxy groups -OCH3 is 3. The molecule has 0 saturated heterocycles. The molecule has 0 fully saturated rings. The van der Waals surface area contributed by atoms with Gasteiger partial charge in [0.2, 0.25) is 5.75 Å². The van der Waals surface area contributed by atoms with Gasteiger partial charge in [-0.25, -0.2) is 4.79 Å². The van der Waals surface area contributed by atoms with Crippen molar-refractivity contribution in [1.82, 2.24) is 0 Å². The van der Waals surface area contributed by atoms with Crippen LogP contribution in [0.1, 0.15) is 20.7 Å². The normalized spacial score (nSPS) is 9.59. The van der Waals surface area contributed by atoms with E-state index in [0.29, 0.717) is 6.29 Å². The monoisotopic (exact) mass is 240 g/mol. The van der Waals surface area contributed by atoms with Crippen LogP contribution < -0.4 is 14.2 Å². The van der Waals surface area contributed by atoms with Crippen molar-refractivity contribution in [2.45, 2.75) is 0 Å². The summed E-state index contributed by atoms with van der Waals surface area (Å²) in [5.74, 6) is -0.944. The lowest BCUT2D eigenvalue weighted by atomic mass is 10.1. The minimum Gasteiger partial charge on any atom is -0.493 e. The van der Waals surface area contributed by atoms with E-state index in [0.717, 1.165) is 0 Å². The van der Waals surface area contributed by atoms with Crippen molar-refractivity contribution in [2.24, 2.45) is 0 Å². The Labute approximate surface area is 97.7 Å². The van der Waals surface area contributed by atoms with Crippen LogP contribution in [0.25, 0.3) is 0 Å². The smallest absolute Gasteiger partial charge is 0.340 e. The summed E-state index contributed by atoms with van der Waals surface area (Å²) in [6.07, 6.45) is 0.425.